The number of phenolic OH excluding ortho intramolecular Hbond substituents is 1. The number of halogens is 1. The number of ether oxygens (including phenoxy) is 1. The molecule has 1 heterocycles. The van der Waals surface area contributed by atoms with Crippen LogP contribution in [0.15, 0.2) is 48.2 Å². The van der Waals surface area contributed by atoms with Gasteiger partial charge >= 0.3 is 6.03 Å². The van der Waals surface area contributed by atoms with Crippen LogP contribution >= 0.6 is 11.6 Å². The molecule has 1 aliphatic heterocycles. The Morgan fingerprint density at radius 1 is 1.21 bits per heavy atom. The molecule has 0 aliphatic carbocycles. The molecule has 0 radical (unpaired) electrons. The lowest BCUT2D eigenvalue weighted by molar-refractivity contribution is -0.113. The minimum Gasteiger partial charge on any atom is -0.504 e. The first-order valence-corrected chi connectivity index (χ1v) is 7.37. The van der Waals surface area contributed by atoms with E-state index in [9.17, 15) is 14.7 Å². The minimum absolute atomic E-state index is 0.0599. The molecule has 7 heteroatoms. The Labute approximate surface area is 142 Å². The fourth-order valence-electron chi connectivity index (χ4n) is 2.35. The zero-order chi connectivity index (χ0) is 17.3. The largest absolute Gasteiger partial charge is 0.504 e. The van der Waals surface area contributed by atoms with Gasteiger partial charge in [-0.25, -0.2) is 9.69 Å². The van der Waals surface area contributed by atoms with Crippen LogP contribution in [0.4, 0.5) is 10.5 Å². The van der Waals surface area contributed by atoms with Crippen LogP contribution in [0.2, 0.25) is 5.02 Å². The van der Waals surface area contributed by atoms with Crippen LogP contribution in [-0.2, 0) is 4.79 Å². The van der Waals surface area contributed by atoms with Crippen molar-refractivity contribution in [3.05, 3.63) is 58.7 Å². The Kier molecular flexibility index (Phi) is 4.14. The van der Waals surface area contributed by atoms with Gasteiger partial charge in [-0.1, -0.05) is 23.7 Å². The molecule has 3 amide bonds. The highest BCUT2D eigenvalue weighted by molar-refractivity contribution is 6.32. The maximum absolute atomic E-state index is 12.5. The van der Waals surface area contributed by atoms with Crippen LogP contribution in [0.5, 0.6) is 11.5 Å². The Balaban J connectivity index is 1.92. The van der Waals surface area contributed by atoms with Gasteiger partial charge in [-0.15, -0.1) is 0 Å². The fourth-order valence-corrected chi connectivity index (χ4v) is 2.53. The van der Waals surface area contributed by atoms with Crippen molar-refractivity contribution in [3.63, 3.8) is 0 Å². The lowest BCUT2D eigenvalue weighted by Gasteiger charge is -2.11. The number of benzene rings is 2. The van der Waals surface area contributed by atoms with Gasteiger partial charge < -0.3 is 15.2 Å². The van der Waals surface area contributed by atoms with Gasteiger partial charge in [0.05, 0.1) is 12.8 Å². The summed E-state index contributed by atoms with van der Waals surface area (Å²) >= 11 is 5.91. The van der Waals surface area contributed by atoms with E-state index in [-0.39, 0.29) is 11.4 Å². The number of nitrogens with one attached hydrogen (secondary N) is 1. The summed E-state index contributed by atoms with van der Waals surface area (Å²) in [6, 6.07) is 10.6. The average Bonchev–Trinajstić information content (AvgIpc) is 2.81. The third-order valence-corrected chi connectivity index (χ3v) is 3.69. The highest BCUT2D eigenvalue weighted by atomic mass is 35.5. The second-order valence-corrected chi connectivity index (χ2v) is 5.48. The van der Waals surface area contributed by atoms with Gasteiger partial charge in [0.2, 0.25) is 0 Å². The molecule has 3 rings (SSSR count). The maximum atomic E-state index is 12.5. The number of urea groups is 1. The van der Waals surface area contributed by atoms with E-state index in [0.29, 0.717) is 22.0 Å². The molecule has 0 aromatic heterocycles. The zero-order valence-corrected chi connectivity index (χ0v) is 13.4. The first-order chi connectivity index (χ1) is 11.5. The number of aromatic hydroxyl groups is 1. The van der Waals surface area contributed by atoms with E-state index >= 15 is 0 Å². The summed E-state index contributed by atoms with van der Waals surface area (Å²) in [5, 5.41) is 12.7. The molecule has 2 N–H and O–H groups in total. The molecular weight excluding hydrogens is 332 g/mol. The molecule has 1 aliphatic rings. The van der Waals surface area contributed by atoms with Gasteiger partial charge in [0.15, 0.2) is 11.5 Å². The third-order valence-electron chi connectivity index (χ3n) is 3.46. The van der Waals surface area contributed by atoms with Crippen molar-refractivity contribution in [1.29, 1.82) is 0 Å². The molecule has 0 bridgehead atoms. The number of anilines is 1. The van der Waals surface area contributed by atoms with E-state index in [1.165, 1.54) is 25.3 Å². The molecule has 0 atom stereocenters. The topological polar surface area (TPSA) is 78.9 Å². The molecule has 2 aromatic rings. The van der Waals surface area contributed by atoms with Gasteiger partial charge in [-0.2, -0.15) is 0 Å². The van der Waals surface area contributed by atoms with Crippen molar-refractivity contribution >= 4 is 35.3 Å². The molecule has 2 aromatic carbocycles. The molecule has 1 fully saturated rings. The average molecular weight is 345 g/mol. The van der Waals surface area contributed by atoms with Gasteiger partial charge in [0.25, 0.3) is 5.91 Å². The summed E-state index contributed by atoms with van der Waals surface area (Å²) in [6.45, 7) is 0. The van der Waals surface area contributed by atoms with Crippen molar-refractivity contribution in [3.8, 4) is 11.5 Å². The minimum atomic E-state index is -0.564. The van der Waals surface area contributed by atoms with E-state index in [4.69, 9.17) is 16.3 Å². The first kappa shape index (κ1) is 15.9. The van der Waals surface area contributed by atoms with Gasteiger partial charge in [-0.05, 0) is 42.0 Å². The fraction of sp³-hybridized carbons (Fsp3) is 0.0588. The van der Waals surface area contributed by atoms with E-state index in [2.05, 4.69) is 5.32 Å². The smallest absolute Gasteiger partial charge is 0.333 e. The van der Waals surface area contributed by atoms with Crippen LogP contribution in [0.3, 0.4) is 0 Å². The Morgan fingerprint density at radius 2 is 2.00 bits per heavy atom. The van der Waals surface area contributed by atoms with Crippen molar-refractivity contribution < 1.29 is 19.4 Å². The van der Waals surface area contributed by atoms with Gasteiger partial charge in [0.1, 0.15) is 5.70 Å². The number of hydrogen-bond donors (Lipinski definition) is 2. The highest BCUT2D eigenvalue weighted by Gasteiger charge is 2.34. The summed E-state index contributed by atoms with van der Waals surface area (Å²) in [5.41, 5.74) is 1.03. The van der Waals surface area contributed by atoms with E-state index in [0.717, 1.165) is 4.90 Å². The van der Waals surface area contributed by atoms with Gasteiger partial charge in [-0.3, -0.25) is 4.79 Å². The number of methoxy groups -OCH3 is 1. The first-order valence-electron chi connectivity index (χ1n) is 6.99. The number of imide groups is 1. The van der Waals surface area contributed by atoms with Crippen LogP contribution < -0.4 is 15.0 Å². The van der Waals surface area contributed by atoms with Crippen LogP contribution in [0.1, 0.15) is 5.56 Å². The van der Waals surface area contributed by atoms with Crippen molar-refractivity contribution in [1.82, 2.24) is 5.32 Å². The Bertz CT molecular complexity index is 863. The normalized spacial score (nSPS) is 15.8. The zero-order valence-electron chi connectivity index (χ0n) is 12.6. The molecule has 6 nitrogen and oxygen atoms in total. The molecule has 1 saturated heterocycles. The van der Waals surface area contributed by atoms with Crippen LogP contribution in [0, 0.1) is 0 Å². The predicted octanol–water partition coefficient (Wildman–Crippen LogP) is 3.15. The molecule has 0 spiro atoms. The summed E-state index contributed by atoms with van der Waals surface area (Å²) in [4.78, 5) is 25.6. The number of phenols is 1. The van der Waals surface area contributed by atoms with Crippen molar-refractivity contribution in [2.75, 3.05) is 12.0 Å². The van der Waals surface area contributed by atoms with E-state index < -0.39 is 11.9 Å². The summed E-state index contributed by atoms with van der Waals surface area (Å²) in [6.07, 6.45) is 1.48. The number of carbonyl (C=O) groups is 2. The van der Waals surface area contributed by atoms with Gasteiger partial charge in [0, 0.05) is 5.02 Å². The maximum Gasteiger partial charge on any atom is 0.333 e. The molecule has 122 valence electrons. The Hall–Kier alpha value is -2.99. The Morgan fingerprint density at radius 3 is 2.67 bits per heavy atom. The highest BCUT2D eigenvalue weighted by Crippen LogP contribution is 2.28. The molecule has 0 unspecified atom stereocenters. The quantitative estimate of drug-likeness (QED) is 0.662. The predicted molar refractivity (Wildman–Crippen MR) is 90.1 cm³/mol. The van der Waals surface area contributed by atoms with E-state index in [1.54, 1.807) is 30.3 Å². The SMILES string of the molecule is COc1ccc(/C=C2/NC(=O)N(c3cccc(Cl)c3)C2=O)cc1O. The number of rotatable bonds is 3. The van der Waals surface area contributed by atoms with Crippen molar-refractivity contribution in [2.45, 2.75) is 0 Å². The second-order valence-electron chi connectivity index (χ2n) is 5.04. The summed E-state index contributed by atoms with van der Waals surface area (Å²) in [5.74, 6) is -0.243. The van der Waals surface area contributed by atoms with E-state index in [1.807, 2.05) is 0 Å². The molecule has 24 heavy (non-hydrogen) atoms. The summed E-state index contributed by atoms with van der Waals surface area (Å²) < 4.78 is 4.97. The second kappa shape index (κ2) is 6.25. The van der Waals surface area contributed by atoms with Crippen LogP contribution in [0.25, 0.3) is 6.08 Å². The van der Waals surface area contributed by atoms with Crippen LogP contribution in [-0.4, -0.2) is 24.2 Å². The van der Waals surface area contributed by atoms with Crippen molar-refractivity contribution in [2.24, 2.45) is 0 Å². The molecule has 0 saturated carbocycles. The molecular formula is C17H13ClN2O4. The number of nitrogens with zero attached hydrogens (tertiary/aromatic N) is 1. The summed E-state index contributed by atoms with van der Waals surface area (Å²) in [7, 11) is 1.44. The standard InChI is InChI=1S/C17H13ClN2O4/c1-24-15-6-5-10(8-14(15)21)7-13-16(22)20(17(23)19-13)12-4-2-3-11(18)9-12/h2-9,21H,1H3,(H,19,23)/b13-7+. The number of carbonyl (C=O) groups excluding carboxylic acids is 2. The lowest BCUT2D eigenvalue weighted by atomic mass is 10.1. The monoisotopic (exact) mass is 344 g/mol. The lowest BCUT2D eigenvalue weighted by Crippen LogP contribution is -2.30. The number of hydrogen-bond acceptors (Lipinski definition) is 4. The third kappa shape index (κ3) is 2.91. The number of amides is 3.